The van der Waals surface area contributed by atoms with Gasteiger partial charge in [-0.25, -0.2) is 0 Å². The first-order valence-electron chi connectivity index (χ1n) is 8.12. The molecule has 0 radical (unpaired) electrons. The van der Waals surface area contributed by atoms with Gasteiger partial charge in [0.2, 0.25) is 0 Å². The predicted molar refractivity (Wildman–Crippen MR) is 86.9 cm³/mol. The largest absolute Gasteiger partial charge is 0.313 e. The summed E-state index contributed by atoms with van der Waals surface area (Å²) in [6.07, 6.45) is 2.65. The van der Waals surface area contributed by atoms with Crippen molar-refractivity contribution >= 4 is 0 Å². The molecule has 1 fully saturated rings. The van der Waals surface area contributed by atoms with Crippen molar-refractivity contribution in [1.82, 2.24) is 10.2 Å². The zero-order valence-electron chi connectivity index (χ0n) is 13.5. The smallest absolute Gasteiger partial charge is 0.0475 e. The number of likely N-dealkylation sites (tertiary alicyclic amines) is 1. The molecule has 112 valence electrons. The van der Waals surface area contributed by atoms with Gasteiger partial charge in [0.05, 0.1) is 0 Å². The fourth-order valence-corrected chi connectivity index (χ4v) is 3.34. The average Bonchev–Trinajstić information content (AvgIpc) is 2.42. The van der Waals surface area contributed by atoms with Crippen molar-refractivity contribution in [3.63, 3.8) is 0 Å². The Labute approximate surface area is 124 Å². The van der Waals surface area contributed by atoms with E-state index in [0.29, 0.717) is 18.1 Å². The van der Waals surface area contributed by atoms with E-state index in [9.17, 15) is 0 Å². The fourth-order valence-electron chi connectivity index (χ4n) is 3.34. The standard InChI is InChI=1S/C18H30N2/c1-14(2)19-13-18(17-8-6-5-7-9-17)20-11-10-15(3)12-16(20)4/h5-9,14-16,18-19H,10-13H2,1-4H3. The van der Waals surface area contributed by atoms with Gasteiger partial charge in [0.25, 0.3) is 0 Å². The van der Waals surface area contributed by atoms with Gasteiger partial charge in [0.15, 0.2) is 0 Å². The third kappa shape index (κ3) is 4.07. The summed E-state index contributed by atoms with van der Waals surface area (Å²) in [6.45, 7) is 11.5. The SMILES string of the molecule is CC1CCN(C(CNC(C)C)c2ccccc2)C(C)C1. The highest BCUT2D eigenvalue weighted by Gasteiger charge is 2.29. The lowest BCUT2D eigenvalue weighted by atomic mass is 9.90. The summed E-state index contributed by atoms with van der Waals surface area (Å²) in [4.78, 5) is 2.70. The fraction of sp³-hybridized carbons (Fsp3) is 0.667. The summed E-state index contributed by atoms with van der Waals surface area (Å²) >= 11 is 0. The molecule has 0 spiro atoms. The van der Waals surface area contributed by atoms with Crippen molar-refractivity contribution in [3.8, 4) is 0 Å². The van der Waals surface area contributed by atoms with Crippen LogP contribution in [0.4, 0.5) is 0 Å². The molecule has 0 aromatic heterocycles. The first kappa shape index (κ1) is 15.5. The molecular weight excluding hydrogens is 244 g/mol. The Bertz CT molecular complexity index is 388. The first-order valence-corrected chi connectivity index (χ1v) is 8.12. The van der Waals surface area contributed by atoms with Gasteiger partial charge >= 0.3 is 0 Å². The highest BCUT2D eigenvalue weighted by Crippen LogP contribution is 2.30. The maximum Gasteiger partial charge on any atom is 0.0475 e. The summed E-state index contributed by atoms with van der Waals surface area (Å²) in [6, 6.07) is 12.7. The van der Waals surface area contributed by atoms with E-state index in [2.05, 4.69) is 68.2 Å². The number of hydrogen-bond donors (Lipinski definition) is 1. The minimum Gasteiger partial charge on any atom is -0.313 e. The second kappa shape index (κ2) is 7.24. The molecule has 1 aromatic rings. The molecule has 1 aliphatic heterocycles. The average molecular weight is 274 g/mol. The van der Waals surface area contributed by atoms with E-state index >= 15 is 0 Å². The van der Waals surface area contributed by atoms with E-state index in [0.717, 1.165) is 12.5 Å². The van der Waals surface area contributed by atoms with Gasteiger partial charge in [0, 0.05) is 24.7 Å². The van der Waals surface area contributed by atoms with E-state index in [1.54, 1.807) is 0 Å². The molecule has 2 heteroatoms. The number of rotatable bonds is 5. The molecule has 0 amide bonds. The number of piperidine rings is 1. The molecule has 0 saturated carbocycles. The summed E-state index contributed by atoms with van der Waals surface area (Å²) < 4.78 is 0. The number of nitrogens with one attached hydrogen (secondary N) is 1. The zero-order chi connectivity index (χ0) is 14.5. The van der Waals surface area contributed by atoms with Crippen LogP contribution in [0.25, 0.3) is 0 Å². The van der Waals surface area contributed by atoms with Crippen LogP contribution >= 0.6 is 0 Å². The quantitative estimate of drug-likeness (QED) is 0.877. The van der Waals surface area contributed by atoms with Gasteiger partial charge in [-0.15, -0.1) is 0 Å². The van der Waals surface area contributed by atoms with Gasteiger partial charge in [0.1, 0.15) is 0 Å². The Hall–Kier alpha value is -0.860. The molecule has 3 atom stereocenters. The summed E-state index contributed by atoms with van der Waals surface area (Å²) in [7, 11) is 0. The third-order valence-electron chi connectivity index (χ3n) is 4.49. The van der Waals surface area contributed by atoms with Gasteiger partial charge in [-0.05, 0) is 37.8 Å². The van der Waals surface area contributed by atoms with Gasteiger partial charge in [-0.3, -0.25) is 4.90 Å². The number of hydrogen-bond acceptors (Lipinski definition) is 2. The van der Waals surface area contributed by atoms with Gasteiger partial charge in [-0.1, -0.05) is 51.1 Å². The van der Waals surface area contributed by atoms with Crippen molar-refractivity contribution in [2.24, 2.45) is 5.92 Å². The minimum atomic E-state index is 0.501. The molecule has 3 unspecified atom stereocenters. The minimum absolute atomic E-state index is 0.501. The zero-order valence-corrected chi connectivity index (χ0v) is 13.5. The van der Waals surface area contributed by atoms with Crippen LogP contribution in [0.5, 0.6) is 0 Å². The van der Waals surface area contributed by atoms with E-state index in [1.165, 1.54) is 24.9 Å². The second-order valence-electron chi connectivity index (χ2n) is 6.71. The van der Waals surface area contributed by atoms with Crippen LogP contribution in [0, 0.1) is 5.92 Å². The Morgan fingerprint density at radius 3 is 2.50 bits per heavy atom. The van der Waals surface area contributed by atoms with Crippen molar-refractivity contribution < 1.29 is 0 Å². The van der Waals surface area contributed by atoms with Crippen LogP contribution in [0.15, 0.2) is 30.3 Å². The lowest BCUT2D eigenvalue weighted by molar-refractivity contribution is 0.0795. The van der Waals surface area contributed by atoms with E-state index < -0.39 is 0 Å². The summed E-state index contributed by atoms with van der Waals surface area (Å²) in [5.41, 5.74) is 1.45. The van der Waals surface area contributed by atoms with Crippen molar-refractivity contribution in [1.29, 1.82) is 0 Å². The Balaban J connectivity index is 2.13. The molecule has 1 aromatic carbocycles. The molecule has 1 N–H and O–H groups in total. The monoisotopic (exact) mass is 274 g/mol. The maximum atomic E-state index is 3.63. The maximum absolute atomic E-state index is 3.63. The molecule has 1 aliphatic rings. The molecule has 2 nitrogen and oxygen atoms in total. The highest BCUT2D eigenvalue weighted by atomic mass is 15.2. The lowest BCUT2D eigenvalue weighted by Crippen LogP contribution is -2.46. The summed E-state index contributed by atoms with van der Waals surface area (Å²) in [5, 5.41) is 3.63. The van der Waals surface area contributed by atoms with Crippen LogP contribution in [0.3, 0.4) is 0 Å². The van der Waals surface area contributed by atoms with E-state index in [4.69, 9.17) is 0 Å². The topological polar surface area (TPSA) is 15.3 Å². The van der Waals surface area contributed by atoms with Crippen LogP contribution in [0.2, 0.25) is 0 Å². The molecule has 0 bridgehead atoms. The predicted octanol–water partition coefficient (Wildman–Crippen LogP) is 3.85. The van der Waals surface area contributed by atoms with Gasteiger partial charge in [-0.2, -0.15) is 0 Å². The van der Waals surface area contributed by atoms with Crippen LogP contribution in [-0.2, 0) is 0 Å². The summed E-state index contributed by atoms with van der Waals surface area (Å²) in [5.74, 6) is 0.871. The Morgan fingerprint density at radius 2 is 1.90 bits per heavy atom. The molecule has 1 saturated heterocycles. The number of nitrogens with zero attached hydrogens (tertiary/aromatic N) is 1. The van der Waals surface area contributed by atoms with E-state index in [-0.39, 0.29) is 0 Å². The highest BCUT2D eigenvalue weighted by molar-refractivity contribution is 5.20. The molecular formula is C18H30N2. The first-order chi connectivity index (χ1) is 9.58. The Kier molecular flexibility index (Phi) is 5.62. The molecule has 0 aliphatic carbocycles. The van der Waals surface area contributed by atoms with Crippen molar-refractivity contribution in [2.75, 3.05) is 13.1 Å². The lowest BCUT2D eigenvalue weighted by Gasteiger charge is -2.42. The van der Waals surface area contributed by atoms with Gasteiger partial charge < -0.3 is 5.32 Å². The van der Waals surface area contributed by atoms with Crippen molar-refractivity contribution in [2.45, 2.75) is 58.7 Å². The third-order valence-corrected chi connectivity index (χ3v) is 4.49. The molecule has 20 heavy (non-hydrogen) atoms. The normalized spacial score (nSPS) is 25.9. The molecule has 2 rings (SSSR count). The Morgan fingerprint density at radius 1 is 1.20 bits per heavy atom. The molecule has 1 heterocycles. The van der Waals surface area contributed by atoms with Crippen LogP contribution in [-0.4, -0.2) is 30.1 Å². The van der Waals surface area contributed by atoms with E-state index in [1.807, 2.05) is 0 Å². The number of benzene rings is 1. The van der Waals surface area contributed by atoms with Crippen LogP contribution in [0.1, 0.15) is 52.1 Å². The second-order valence-corrected chi connectivity index (χ2v) is 6.71. The van der Waals surface area contributed by atoms with Crippen molar-refractivity contribution in [3.05, 3.63) is 35.9 Å². The van der Waals surface area contributed by atoms with Crippen LogP contribution < -0.4 is 5.32 Å².